The highest BCUT2D eigenvalue weighted by molar-refractivity contribution is 6.64. The third kappa shape index (κ3) is 2.06. The Balaban J connectivity index is 3.82. The van der Waals surface area contributed by atoms with Crippen molar-refractivity contribution in [2.24, 2.45) is 0 Å². The van der Waals surface area contributed by atoms with E-state index in [1.54, 1.807) is 14.2 Å². The Hall–Kier alpha value is 0.0969. The summed E-state index contributed by atoms with van der Waals surface area (Å²) in [5, 5.41) is 0. The third-order valence-electron chi connectivity index (χ3n) is 1.51. The van der Waals surface area contributed by atoms with Gasteiger partial charge in [0.15, 0.2) is 0 Å². The van der Waals surface area contributed by atoms with E-state index in [1.807, 2.05) is 7.05 Å². The first-order valence-electron chi connectivity index (χ1n) is 3.04. The Morgan fingerprint density at radius 1 is 1.33 bits per heavy atom. The summed E-state index contributed by atoms with van der Waals surface area (Å²) < 4.78 is 10.4. The molecule has 0 aromatic carbocycles. The van der Waals surface area contributed by atoms with Crippen LogP contribution >= 0.6 is 0 Å². The SMILES string of the molecule is CC[Si](NC)(OC)OC. The predicted octanol–water partition coefficient (Wildman–Crippen LogP) is 0.457. The zero-order valence-electron chi connectivity index (χ0n) is 6.52. The second kappa shape index (κ2) is 4.00. The summed E-state index contributed by atoms with van der Waals surface area (Å²) in [6, 6.07) is 0.927. The fourth-order valence-electron chi connectivity index (χ4n) is 0.753. The maximum atomic E-state index is 5.19. The summed E-state index contributed by atoms with van der Waals surface area (Å²) in [5.41, 5.74) is 0. The molecule has 0 bridgehead atoms. The standard InChI is InChI=1S/C5H15NO2Si/c1-5-9(6-2,7-3)8-4/h6H,5H2,1-4H3. The molecule has 0 atom stereocenters. The van der Waals surface area contributed by atoms with Crippen LogP contribution in [0.3, 0.4) is 0 Å². The number of hydrogen-bond acceptors (Lipinski definition) is 3. The molecule has 0 aliphatic carbocycles. The van der Waals surface area contributed by atoms with Crippen LogP contribution in [-0.2, 0) is 8.85 Å². The van der Waals surface area contributed by atoms with Crippen LogP contribution in [0.15, 0.2) is 0 Å². The van der Waals surface area contributed by atoms with Gasteiger partial charge in [0, 0.05) is 20.3 Å². The van der Waals surface area contributed by atoms with Crippen LogP contribution in [0.2, 0.25) is 6.04 Å². The van der Waals surface area contributed by atoms with Crippen molar-refractivity contribution in [2.75, 3.05) is 21.3 Å². The lowest BCUT2D eigenvalue weighted by atomic mass is 11.0. The molecular weight excluding hydrogens is 134 g/mol. The fourth-order valence-corrected chi connectivity index (χ4v) is 2.26. The van der Waals surface area contributed by atoms with Gasteiger partial charge in [0.25, 0.3) is 0 Å². The molecule has 4 heteroatoms. The molecule has 1 N–H and O–H groups in total. The topological polar surface area (TPSA) is 30.5 Å². The van der Waals surface area contributed by atoms with E-state index in [2.05, 4.69) is 11.9 Å². The van der Waals surface area contributed by atoms with Crippen LogP contribution in [0.5, 0.6) is 0 Å². The predicted molar refractivity (Wildman–Crippen MR) is 39.3 cm³/mol. The number of nitrogens with one attached hydrogen (secondary N) is 1. The lowest BCUT2D eigenvalue weighted by Gasteiger charge is -2.23. The van der Waals surface area contributed by atoms with Gasteiger partial charge in [-0.3, -0.25) is 4.98 Å². The summed E-state index contributed by atoms with van der Waals surface area (Å²) >= 11 is 0. The first-order valence-corrected chi connectivity index (χ1v) is 5.06. The molecule has 0 radical (unpaired) electrons. The molecule has 0 unspecified atom stereocenters. The minimum absolute atomic E-state index is 0.927. The van der Waals surface area contributed by atoms with Crippen LogP contribution in [0, 0.1) is 0 Å². The van der Waals surface area contributed by atoms with E-state index in [0.717, 1.165) is 6.04 Å². The maximum Gasteiger partial charge on any atom is 0.423 e. The van der Waals surface area contributed by atoms with Crippen molar-refractivity contribution in [1.29, 1.82) is 0 Å². The van der Waals surface area contributed by atoms with Crippen molar-refractivity contribution in [3.05, 3.63) is 0 Å². The summed E-state index contributed by atoms with van der Waals surface area (Å²) in [6.45, 7) is 2.05. The van der Waals surface area contributed by atoms with Gasteiger partial charge in [-0.15, -0.1) is 0 Å². The van der Waals surface area contributed by atoms with Crippen molar-refractivity contribution >= 4 is 8.72 Å². The number of hydrogen-bond donors (Lipinski definition) is 1. The molecule has 9 heavy (non-hydrogen) atoms. The lowest BCUT2D eigenvalue weighted by Crippen LogP contribution is -2.52. The van der Waals surface area contributed by atoms with E-state index in [9.17, 15) is 0 Å². The van der Waals surface area contributed by atoms with Gasteiger partial charge in [0.2, 0.25) is 0 Å². The van der Waals surface area contributed by atoms with Gasteiger partial charge < -0.3 is 8.85 Å². The summed E-state index contributed by atoms with van der Waals surface area (Å²) in [5.74, 6) is 0. The minimum Gasteiger partial charge on any atom is -0.386 e. The van der Waals surface area contributed by atoms with Crippen molar-refractivity contribution in [3.8, 4) is 0 Å². The van der Waals surface area contributed by atoms with Gasteiger partial charge in [-0.05, 0) is 7.05 Å². The molecule has 0 amide bonds. The first kappa shape index (κ1) is 9.10. The zero-order chi connectivity index (χ0) is 7.33. The quantitative estimate of drug-likeness (QED) is 0.589. The van der Waals surface area contributed by atoms with Crippen LogP contribution in [0.4, 0.5) is 0 Å². The Labute approximate surface area is 57.7 Å². The fraction of sp³-hybridized carbons (Fsp3) is 1.00. The number of rotatable bonds is 4. The van der Waals surface area contributed by atoms with Crippen molar-refractivity contribution in [2.45, 2.75) is 13.0 Å². The Bertz CT molecular complexity index is 57.8. The molecule has 56 valence electrons. The van der Waals surface area contributed by atoms with E-state index in [4.69, 9.17) is 8.85 Å². The second-order valence-corrected chi connectivity index (χ2v) is 5.29. The second-order valence-electron chi connectivity index (χ2n) is 1.76. The van der Waals surface area contributed by atoms with E-state index in [-0.39, 0.29) is 0 Å². The third-order valence-corrected chi connectivity index (χ3v) is 4.52. The summed E-state index contributed by atoms with van der Waals surface area (Å²) in [7, 11) is 3.28. The van der Waals surface area contributed by atoms with Gasteiger partial charge in [-0.2, -0.15) is 0 Å². The Kier molecular flexibility index (Phi) is 4.04. The normalized spacial score (nSPS) is 12.0. The van der Waals surface area contributed by atoms with Gasteiger partial charge in [-0.1, -0.05) is 6.92 Å². The van der Waals surface area contributed by atoms with Crippen molar-refractivity contribution in [3.63, 3.8) is 0 Å². The van der Waals surface area contributed by atoms with E-state index < -0.39 is 8.72 Å². The molecule has 0 rings (SSSR count). The van der Waals surface area contributed by atoms with Crippen LogP contribution in [-0.4, -0.2) is 30.0 Å². The monoisotopic (exact) mass is 149 g/mol. The Morgan fingerprint density at radius 3 is 1.78 bits per heavy atom. The molecule has 0 aliphatic heterocycles. The van der Waals surface area contributed by atoms with Crippen LogP contribution < -0.4 is 4.98 Å². The average molecular weight is 149 g/mol. The van der Waals surface area contributed by atoms with Gasteiger partial charge in [0.05, 0.1) is 0 Å². The van der Waals surface area contributed by atoms with Crippen molar-refractivity contribution < 1.29 is 8.85 Å². The zero-order valence-corrected chi connectivity index (χ0v) is 7.52. The van der Waals surface area contributed by atoms with Gasteiger partial charge >= 0.3 is 8.72 Å². The molecule has 0 saturated heterocycles. The maximum absolute atomic E-state index is 5.19. The summed E-state index contributed by atoms with van der Waals surface area (Å²) in [6.07, 6.45) is 0. The molecule has 3 nitrogen and oxygen atoms in total. The highest BCUT2D eigenvalue weighted by Gasteiger charge is 2.31. The van der Waals surface area contributed by atoms with E-state index in [1.165, 1.54) is 0 Å². The molecule has 0 aromatic heterocycles. The highest BCUT2D eigenvalue weighted by atomic mass is 28.4. The van der Waals surface area contributed by atoms with E-state index >= 15 is 0 Å². The summed E-state index contributed by atoms with van der Waals surface area (Å²) in [4.78, 5) is 3.06. The lowest BCUT2D eigenvalue weighted by molar-refractivity contribution is 0.233. The molecule has 0 spiro atoms. The molecule has 0 fully saturated rings. The van der Waals surface area contributed by atoms with Gasteiger partial charge in [0.1, 0.15) is 0 Å². The van der Waals surface area contributed by atoms with Crippen LogP contribution in [0.1, 0.15) is 6.92 Å². The molecule has 0 aromatic rings. The van der Waals surface area contributed by atoms with E-state index in [0.29, 0.717) is 0 Å². The smallest absolute Gasteiger partial charge is 0.386 e. The largest absolute Gasteiger partial charge is 0.423 e. The molecular formula is C5H15NO2Si. The average Bonchev–Trinajstić information content (AvgIpc) is 1.95. The molecule has 0 heterocycles. The van der Waals surface area contributed by atoms with Gasteiger partial charge in [-0.25, -0.2) is 0 Å². The first-order chi connectivity index (χ1) is 4.24. The van der Waals surface area contributed by atoms with Crippen LogP contribution in [0.25, 0.3) is 0 Å². The highest BCUT2D eigenvalue weighted by Crippen LogP contribution is 2.04. The Morgan fingerprint density at radius 2 is 1.78 bits per heavy atom. The van der Waals surface area contributed by atoms with Crippen molar-refractivity contribution in [1.82, 2.24) is 4.98 Å². The minimum atomic E-state index is -1.94. The molecule has 0 aliphatic rings. The molecule has 0 saturated carbocycles.